The summed E-state index contributed by atoms with van der Waals surface area (Å²) in [5.74, 6) is -0.714. The molecule has 3 N–H and O–H groups in total. The van der Waals surface area contributed by atoms with E-state index in [1.165, 1.54) is 11.1 Å². The topological polar surface area (TPSA) is 126 Å². The lowest BCUT2D eigenvalue weighted by molar-refractivity contribution is -0.884. The number of likely N-dealkylation sites (tertiary alicyclic amines) is 1. The lowest BCUT2D eigenvalue weighted by Gasteiger charge is -2.35. The summed E-state index contributed by atoms with van der Waals surface area (Å²) in [6, 6.07) is 11.4. The third kappa shape index (κ3) is 8.78. The molecule has 2 aromatic rings. The Hall–Kier alpha value is -3.65. The molecule has 46 heavy (non-hydrogen) atoms. The van der Waals surface area contributed by atoms with E-state index in [1.807, 2.05) is 72.2 Å². The van der Waals surface area contributed by atoms with E-state index in [9.17, 15) is 19.2 Å². The van der Waals surface area contributed by atoms with Crippen LogP contribution in [0.4, 0.5) is 0 Å². The number of ether oxygens (including phenoxy) is 2. The van der Waals surface area contributed by atoms with E-state index in [2.05, 4.69) is 16.0 Å². The van der Waals surface area contributed by atoms with Crippen molar-refractivity contribution >= 4 is 29.7 Å². The van der Waals surface area contributed by atoms with Crippen LogP contribution in [0.2, 0.25) is 0 Å². The Morgan fingerprint density at radius 2 is 1.76 bits per heavy atom. The SMILES string of the molecule is COc1ccc2cc1/C=C\NC(=O)[C@H](Cc1ccccc1)NC(=O)[C@@H]1[C@H](CCN1C(=O)[C@@H](NC(=O)[C@H](C)[N+](C)(C)C)C(C)C)O2.[I-]. The predicted octanol–water partition coefficient (Wildman–Crippen LogP) is -0.889. The van der Waals surface area contributed by atoms with Gasteiger partial charge in [0, 0.05) is 31.1 Å². The van der Waals surface area contributed by atoms with Crippen LogP contribution in [0.15, 0.2) is 54.7 Å². The summed E-state index contributed by atoms with van der Waals surface area (Å²) < 4.78 is 12.3. The molecule has 4 amide bonds. The zero-order chi connectivity index (χ0) is 32.9. The first-order valence-electron chi connectivity index (χ1n) is 15.4. The number of nitrogens with zero attached hydrogens (tertiary/aromatic N) is 2. The minimum Gasteiger partial charge on any atom is -1.00 e. The summed E-state index contributed by atoms with van der Waals surface area (Å²) in [7, 11) is 7.30. The quantitative estimate of drug-likeness (QED) is 0.238. The standard InChI is InChI=1S/C34H45N5O6.HI/c1-21(2)29(37-31(40)22(3)39(4,5)6)34(43)38-18-16-28-30(38)33(42)36-26(19-23-11-9-8-10-12-23)32(41)35-17-15-24-20-25(45-28)13-14-27(24)44-7;/h8-15,17,20-22,26,28-30H,16,18-19H2,1-7H3,(H2-,35,36,37,40,41,42);1H/b17-15-;/t22-,26-,28-,29-,30-;/m0./s1. The summed E-state index contributed by atoms with van der Waals surface area (Å²) in [6.45, 7) is 5.78. The van der Waals surface area contributed by atoms with Gasteiger partial charge in [0.1, 0.15) is 35.7 Å². The zero-order valence-electron chi connectivity index (χ0n) is 27.6. The van der Waals surface area contributed by atoms with Crippen molar-refractivity contribution in [2.24, 2.45) is 5.92 Å². The maximum atomic E-state index is 14.2. The van der Waals surface area contributed by atoms with Gasteiger partial charge in [0.15, 0.2) is 6.04 Å². The summed E-state index contributed by atoms with van der Waals surface area (Å²) >= 11 is 0. The van der Waals surface area contributed by atoms with Crippen molar-refractivity contribution in [3.8, 4) is 11.5 Å². The normalized spacial score (nSPS) is 21.8. The van der Waals surface area contributed by atoms with E-state index in [0.717, 1.165) is 5.56 Å². The van der Waals surface area contributed by atoms with Crippen LogP contribution in [-0.2, 0) is 25.6 Å². The van der Waals surface area contributed by atoms with Gasteiger partial charge in [-0.15, -0.1) is 0 Å². The van der Waals surface area contributed by atoms with E-state index in [1.54, 1.807) is 31.4 Å². The van der Waals surface area contributed by atoms with Crippen molar-refractivity contribution in [2.75, 3.05) is 34.8 Å². The number of rotatable bonds is 8. The number of benzene rings is 2. The molecule has 0 radical (unpaired) electrons. The molecule has 2 bridgehead atoms. The first kappa shape index (κ1) is 36.8. The van der Waals surface area contributed by atoms with Gasteiger partial charge < -0.3 is 58.8 Å². The molecule has 2 aliphatic heterocycles. The number of nitrogens with one attached hydrogen (secondary N) is 3. The average Bonchev–Trinajstić information content (AvgIpc) is 3.41. The van der Waals surface area contributed by atoms with E-state index < -0.39 is 42.1 Å². The lowest BCUT2D eigenvalue weighted by Crippen LogP contribution is -3.00. The van der Waals surface area contributed by atoms with Crippen LogP contribution in [0, 0.1) is 5.92 Å². The summed E-state index contributed by atoms with van der Waals surface area (Å²) in [5, 5.41) is 8.64. The Kier molecular flexibility index (Phi) is 12.6. The molecule has 0 saturated carbocycles. The van der Waals surface area contributed by atoms with Gasteiger partial charge in [0.2, 0.25) is 17.7 Å². The van der Waals surface area contributed by atoms with Crippen molar-refractivity contribution in [3.63, 3.8) is 0 Å². The number of hydrogen-bond donors (Lipinski definition) is 3. The number of likely N-dealkylation sites (N-methyl/N-ethyl adjacent to an activating group) is 1. The summed E-state index contributed by atoms with van der Waals surface area (Å²) in [5.41, 5.74) is 1.53. The van der Waals surface area contributed by atoms with Gasteiger partial charge in [-0.1, -0.05) is 44.2 Å². The van der Waals surface area contributed by atoms with Crippen molar-refractivity contribution in [1.29, 1.82) is 0 Å². The highest BCUT2D eigenvalue weighted by atomic mass is 127. The van der Waals surface area contributed by atoms with Crippen LogP contribution in [0.1, 0.15) is 38.3 Å². The molecule has 0 aromatic heterocycles. The van der Waals surface area contributed by atoms with E-state index in [-0.39, 0.29) is 54.7 Å². The molecular weight excluding hydrogens is 701 g/mol. The second-order valence-corrected chi connectivity index (χ2v) is 12.9. The Morgan fingerprint density at radius 3 is 2.39 bits per heavy atom. The third-order valence-electron chi connectivity index (χ3n) is 8.56. The molecule has 2 heterocycles. The van der Waals surface area contributed by atoms with Crippen LogP contribution >= 0.6 is 0 Å². The number of fused-ring (bicyclic) bond motifs is 3. The molecule has 2 aromatic carbocycles. The zero-order valence-corrected chi connectivity index (χ0v) is 29.7. The van der Waals surface area contributed by atoms with E-state index in [4.69, 9.17) is 9.47 Å². The minimum absolute atomic E-state index is 0. The molecule has 2 aliphatic rings. The van der Waals surface area contributed by atoms with Gasteiger partial charge in [-0.25, -0.2) is 0 Å². The second kappa shape index (κ2) is 15.8. The van der Waals surface area contributed by atoms with Crippen molar-refractivity contribution < 1.29 is 57.1 Å². The van der Waals surface area contributed by atoms with E-state index in [0.29, 0.717) is 28.0 Å². The highest BCUT2D eigenvalue weighted by Crippen LogP contribution is 2.30. The summed E-state index contributed by atoms with van der Waals surface area (Å²) in [4.78, 5) is 56.5. The first-order chi connectivity index (χ1) is 21.3. The first-order valence-corrected chi connectivity index (χ1v) is 15.4. The molecule has 0 spiro atoms. The molecule has 1 saturated heterocycles. The van der Waals surface area contributed by atoms with Gasteiger partial charge >= 0.3 is 0 Å². The third-order valence-corrected chi connectivity index (χ3v) is 8.56. The molecule has 12 heteroatoms. The Bertz CT molecular complexity index is 1430. The fraction of sp³-hybridized carbons (Fsp3) is 0.471. The maximum Gasteiger partial charge on any atom is 0.278 e. The van der Waals surface area contributed by atoms with Gasteiger partial charge in [-0.3, -0.25) is 19.2 Å². The number of halogens is 1. The molecular formula is C34H46IN5O6. The Labute approximate surface area is 288 Å². The molecule has 4 rings (SSSR count). The van der Waals surface area contributed by atoms with Gasteiger partial charge in [-0.2, -0.15) is 0 Å². The highest BCUT2D eigenvalue weighted by molar-refractivity contribution is 5.96. The van der Waals surface area contributed by atoms with Crippen molar-refractivity contribution in [1.82, 2.24) is 20.9 Å². The van der Waals surface area contributed by atoms with Gasteiger partial charge in [-0.05, 0) is 42.7 Å². The van der Waals surface area contributed by atoms with Crippen molar-refractivity contribution in [3.05, 3.63) is 65.9 Å². The largest absolute Gasteiger partial charge is 1.00 e. The number of carbonyl (C=O) groups is 4. The highest BCUT2D eigenvalue weighted by Gasteiger charge is 2.47. The van der Waals surface area contributed by atoms with Crippen LogP contribution in [0.3, 0.4) is 0 Å². The van der Waals surface area contributed by atoms with Gasteiger partial charge in [0.25, 0.3) is 5.91 Å². The number of hydrogen-bond acceptors (Lipinski definition) is 6. The molecule has 0 aliphatic carbocycles. The number of carbonyl (C=O) groups excluding carboxylic acids is 4. The number of amides is 4. The smallest absolute Gasteiger partial charge is 0.278 e. The minimum atomic E-state index is -1.04. The maximum absolute atomic E-state index is 14.2. The molecule has 5 atom stereocenters. The molecule has 250 valence electrons. The van der Waals surface area contributed by atoms with Crippen molar-refractivity contribution in [2.45, 2.75) is 63.9 Å². The second-order valence-electron chi connectivity index (χ2n) is 12.9. The van der Waals surface area contributed by atoms with Gasteiger partial charge in [0.05, 0.1) is 28.3 Å². The monoisotopic (exact) mass is 747 g/mol. The average molecular weight is 748 g/mol. The molecule has 1 fully saturated rings. The Balaban J connectivity index is 0.00000576. The number of quaternary nitrogens is 1. The fourth-order valence-electron chi connectivity index (χ4n) is 5.48. The van der Waals surface area contributed by atoms with Crippen LogP contribution < -0.4 is 49.4 Å². The van der Waals surface area contributed by atoms with Crippen LogP contribution in [0.5, 0.6) is 11.5 Å². The Morgan fingerprint density at radius 1 is 1.07 bits per heavy atom. The summed E-state index contributed by atoms with van der Waals surface area (Å²) in [6.07, 6.45) is 3.14. The van der Waals surface area contributed by atoms with Crippen LogP contribution in [-0.4, -0.2) is 98.1 Å². The van der Waals surface area contributed by atoms with E-state index >= 15 is 0 Å². The number of methoxy groups -OCH3 is 1. The fourth-order valence-corrected chi connectivity index (χ4v) is 5.48. The molecule has 11 nitrogen and oxygen atoms in total. The molecule has 0 unspecified atom stereocenters. The lowest BCUT2D eigenvalue weighted by atomic mass is 10.0. The van der Waals surface area contributed by atoms with Crippen LogP contribution in [0.25, 0.3) is 6.08 Å². The predicted molar refractivity (Wildman–Crippen MR) is 171 cm³/mol.